The van der Waals surface area contributed by atoms with Crippen LogP contribution >= 0.6 is 0 Å². The lowest BCUT2D eigenvalue weighted by Crippen LogP contribution is -2.19. The molecule has 0 aliphatic carbocycles. The molecule has 0 radical (unpaired) electrons. The Kier molecular flexibility index (Phi) is 7.67. The van der Waals surface area contributed by atoms with Crippen molar-refractivity contribution in [3.8, 4) is 22.3 Å². The molecule has 1 atom stereocenters. The zero-order valence-corrected chi connectivity index (χ0v) is 28.9. The Morgan fingerprint density at radius 1 is 0.509 bits per heavy atom. The van der Waals surface area contributed by atoms with Crippen molar-refractivity contribution in [1.29, 1.82) is 0 Å². The van der Waals surface area contributed by atoms with Gasteiger partial charge in [0.25, 0.3) is 0 Å². The monoisotopic (exact) mass is 682 g/mol. The number of rotatable bonds is 8. The lowest BCUT2D eigenvalue weighted by atomic mass is 9.99. The molecule has 0 fully saturated rings. The average molecular weight is 683 g/mol. The first kappa shape index (κ1) is 31.0. The second-order valence-corrected chi connectivity index (χ2v) is 13.6. The molecule has 4 heteroatoms. The second kappa shape index (κ2) is 13.1. The Hall–Kier alpha value is -6.75. The molecule has 53 heavy (non-hydrogen) atoms. The summed E-state index contributed by atoms with van der Waals surface area (Å²) in [5.41, 5.74) is 11.4. The zero-order valence-electron chi connectivity index (χ0n) is 28.9. The van der Waals surface area contributed by atoms with Gasteiger partial charge in [-0.1, -0.05) is 140 Å². The maximum absolute atomic E-state index is 6.54. The fourth-order valence-corrected chi connectivity index (χ4v) is 7.56. The van der Waals surface area contributed by atoms with Gasteiger partial charge in [-0.25, -0.2) is 0 Å². The van der Waals surface area contributed by atoms with E-state index in [1.54, 1.807) is 0 Å². The van der Waals surface area contributed by atoms with Crippen molar-refractivity contribution in [3.63, 3.8) is 0 Å². The maximum Gasteiger partial charge on any atom is 0.143 e. The number of hydrogen-bond donors (Lipinski definition) is 1. The van der Waals surface area contributed by atoms with Gasteiger partial charge in [-0.05, 0) is 80.7 Å². The highest BCUT2D eigenvalue weighted by Crippen LogP contribution is 2.39. The van der Waals surface area contributed by atoms with Gasteiger partial charge >= 0.3 is 0 Å². The highest BCUT2D eigenvalue weighted by atomic mass is 16.3. The molecule has 4 nitrogen and oxygen atoms in total. The minimum absolute atomic E-state index is 0.307. The molecule has 10 aromatic rings. The minimum Gasteiger partial charge on any atom is -0.456 e. The van der Waals surface area contributed by atoms with Gasteiger partial charge in [0.05, 0.1) is 0 Å². The third kappa shape index (κ3) is 5.76. The summed E-state index contributed by atoms with van der Waals surface area (Å²) in [6, 6.07) is 61.4. The molecule has 8 aromatic carbocycles. The van der Waals surface area contributed by atoms with Gasteiger partial charge < -0.3 is 8.83 Å². The summed E-state index contributed by atoms with van der Waals surface area (Å²) in [4.78, 5) is 5.08. The van der Waals surface area contributed by atoms with E-state index in [2.05, 4.69) is 145 Å². The summed E-state index contributed by atoms with van der Waals surface area (Å²) in [5.74, 6) is 0. The quantitative estimate of drug-likeness (QED) is 0.162. The number of benzene rings is 8. The zero-order chi connectivity index (χ0) is 35.1. The van der Waals surface area contributed by atoms with Crippen LogP contribution in [0.5, 0.6) is 0 Å². The molecule has 252 valence electrons. The predicted octanol–water partition coefficient (Wildman–Crippen LogP) is 12.9. The van der Waals surface area contributed by atoms with Crippen LogP contribution in [-0.4, -0.2) is 6.21 Å². The molecule has 0 saturated carbocycles. The number of hydrogen-bond acceptors (Lipinski definition) is 4. The van der Waals surface area contributed by atoms with Gasteiger partial charge in [0, 0.05) is 39.7 Å². The van der Waals surface area contributed by atoms with Crippen LogP contribution in [-0.2, 0) is 6.54 Å². The van der Waals surface area contributed by atoms with E-state index in [9.17, 15) is 0 Å². The summed E-state index contributed by atoms with van der Waals surface area (Å²) < 4.78 is 13.0. The van der Waals surface area contributed by atoms with E-state index in [-0.39, 0.29) is 6.17 Å². The molecule has 0 aliphatic heterocycles. The first-order valence-corrected chi connectivity index (χ1v) is 18.0. The molecule has 1 N–H and O–H groups in total. The molecular weight excluding hydrogens is 649 g/mol. The summed E-state index contributed by atoms with van der Waals surface area (Å²) in [5, 5.41) is 10.5. The van der Waals surface area contributed by atoms with Gasteiger partial charge in [0.2, 0.25) is 0 Å². The minimum atomic E-state index is -0.307. The first-order valence-electron chi connectivity index (χ1n) is 18.0. The van der Waals surface area contributed by atoms with Crippen LogP contribution in [0.15, 0.2) is 190 Å². The number of aliphatic imine (C=N–C) groups is 1. The van der Waals surface area contributed by atoms with Crippen LogP contribution in [0.25, 0.3) is 76.9 Å². The molecule has 10 rings (SSSR count). The first-order chi connectivity index (χ1) is 26.2. The standard InChI is InChI=1S/C49H34N2O2/c1-4-11-32(12-5-1)30-50-49(38-23-25-41-46(29-38)52-45-18-10-17-39(47(41)45)35-15-8-3-9-16-35)51-31-33-19-26-44-43(27-33)40-24-22-36-20-21-37(28-42(36)48(40)53-44)34-13-6-2-7-14-34/h1-30,49,51H,31H2. The van der Waals surface area contributed by atoms with Crippen LogP contribution in [0.4, 0.5) is 0 Å². The van der Waals surface area contributed by atoms with Crippen molar-refractivity contribution in [2.45, 2.75) is 12.7 Å². The number of nitrogens with one attached hydrogen (secondary N) is 1. The van der Waals surface area contributed by atoms with E-state index >= 15 is 0 Å². The fraction of sp³-hybridized carbons (Fsp3) is 0.0408. The van der Waals surface area contributed by atoms with Crippen LogP contribution in [0.3, 0.4) is 0 Å². The molecule has 0 spiro atoms. The van der Waals surface area contributed by atoms with E-state index in [1.807, 2.05) is 42.6 Å². The predicted molar refractivity (Wildman–Crippen MR) is 219 cm³/mol. The van der Waals surface area contributed by atoms with Crippen LogP contribution in [0.2, 0.25) is 0 Å². The topological polar surface area (TPSA) is 50.7 Å². The van der Waals surface area contributed by atoms with Crippen molar-refractivity contribution in [1.82, 2.24) is 5.32 Å². The summed E-state index contributed by atoms with van der Waals surface area (Å²) in [6.07, 6.45) is 1.63. The van der Waals surface area contributed by atoms with Crippen molar-refractivity contribution in [3.05, 3.63) is 193 Å². The van der Waals surface area contributed by atoms with Crippen molar-refractivity contribution in [2.75, 3.05) is 0 Å². The average Bonchev–Trinajstić information content (AvgIpc) is 3.80. The third-order valence-corrected chi connectivity index (χ3v) is 10.2. The van der Waals surface area contributed by atoms with Gasteiger partial charge in [-0.15, -0.1) is 0 Å². The number of fused-ring (bicyclic) bond motifs is 8. The Morgan fingerprint density at radius 2 is 1.26 bits per heavy atom. The molecule has 2 heterocycles. The van der Waals surface area contributed by atoms with E-state index < -0.39 is 0 Å². The molecular formula is C49H34N2O2. The SMILES string of the molecule is C(=NC(NCc1ccc2oc3c4cc(-c5ccccc5)ccc4ccc3c2c1)c1ccc2c(c1)oc1cccc(-c3ccccc3)c12)c1ccccc1. The molecule has 0 bridgehead atoms. The van der Waals surface area contributed by atoms with Crippen molar-refractivity contribution in [2.24, 2.45) is 4.99 Å². The summed E-state index contributed by atoms with van der Waals surface area (Å²) >= 11 is 0. The molecule has 2 aromatic heterocycles. The van der Waals surface area contributed by atoms with E-state index in [0.29, 0.717) is 6.54 Å². The highest BCUT2D eigenvalue weighted by molar-refractivity contribution is 6.16. The maximum atomic E-state index is 6.54. The van der Waals surface area contributed by atoms with Gasteiger partial charge in [0.15, 0.2) is 0 Å². The van der Waals surface area contributed by atoms with Gasteiger partial charge in [-0.2, -0.15) is 0 Å². The van der Waals surface area contributed by atoms with E-state index in [4.69, 9.17) is 13.8 Å². The fourth-order valence-electron chi connectivity index (χ4n) is 7.56. The molecule has 0 saturated heterocycles. The van der Waals surface area contributed by atoms with Crippen LogP contribution in [0.1, 0.15) is 22.9 Å². The second-order valence-electron chi connectivity index (χ2n) is 13.6. The summed E-state index contributed by atoms with van der Waals surface area (Å²) in [7, 11) is 0. The normalized spacial score (nSPS) is 12.5. The van der Waals surface area contributed by atoms with Gasteiger partial charge in [-0.3, -0.25) is 10.3 Å². The van der Waals surface area contributed by atoms with Crippen molar-refractivity contribution >= 4 is 60.9 Å². The third-order valence-electron chi connectivity index (χ3n) is 10.2. The van der Waals surface area contributed by atoms with Crippen LogP contribution < -0.4 is 5.32 Å². The lowest BCUT2D eigenvalue weighted by Gasteiger charge is -2.16. The number of furan rings is 2. The Morgan fingerprint density at radius 3 is 2.09 bits per heavy atom. The Labute approximate surface area is 306 Å². The van der Waals surface area contributed by atoms with Gasteiger partial charge in [0.1, 0.15) is 28.5 Å². The largest absolute Gasteiger partial charge is 0.456 e. The lowest BCUT2D eigenvalue weighted by molar-refractivity contribution is 0.555. The van der Waals surface area contributed by atoms with E-state index in [0.717, 1.165) is 76.9 Å². The molecule has 1 unspecified atom stereocenters. The Bertz CT molecular complexity index is 2940. The summed E-state index contributed by atoms with van der Waals surface area (Å²) in [6.45, 7) is 0.613. The van der Waals surface area contributed by atoms with Crippen molar-refractivity contribution < 1.29 is 8.83 Å². The smallest absolute Gasteiger partial charge is 0.143 e. The van der Waals surface area contributed by atoms with E-state index in [1.165, 1.54) is 16.7 Å². The Balaban J connectivity index is 1.00. The molecule has 0 amide bonds. The highest BCUT2D eigenvalue weighted by Gasteiger charge is 2.17. The van der Waals surface area contributed by atoms with Crippen LogP contribution in [0, 0.1) is 0 Å². The molecule has 0 aliphatic rings. The number of nitrogens with zero attached hydrogens (tertiary/aromatic N) is 1.